The zero-order valence-corrected chi connectivity index (χ0v) is 10.4. The third-order valence-corrected chi connectivity index (χ3v) is 3.56. The smallest absolute Gasteiger partial charge is 0.0750 e. The maximum Gasteiger partial charge on any atom is 0.0750 e. The summed E-state index contributed by atoms with van der Waals surface area (Å²) in [4.78, 5) is 4.01. The van der Waals surface area contributed by atoms with E-state index in [1.807, 2.05) is 0 Å². The number of nitrogen functional groups attached to an aromatic ring is 1. The molecular weight excluding hydrogens is 254 g/mol. The van der Waals surface area contributed by atoms with E-state index in [9.17, 15) is 0 Å². The number of nitrogens with zero attached hydrogens (tertiary/aromatic N) is 1. The van der Waals surface area contributed by atoms with E-state index in [2.05, 4.69) is 33.2 Å². The monoisotopic (exact) mass is 269 g/mol. The molecule has 1 aliphatic rings. The Morgan fingerprint density at radius 2 is 2.33 bits per heavy atom. The largest absolute Gasteiger partial charge is 0.396 e. The first-order valence-electron chi connectivity index (χ1n) is 5.31. The summed E-state index contributed by atoms with van der Waals surface area (Å²) in [7, 11) is 0. The molecule has 1 atom stereocenters. The van der Waals surface area contributed by atoms with Gasteiger partial charge >= 0.3 is 0 Å². The lowest BCUT2D eigenvalue weighted by molar-refractivity contribution is 0.536. The van der Waals surface area contributed by atoms with Crippen LogP contribution in [0.3, 0.4) is 0 Å². The van der Waals surface area contributed by atoms with Gasteiger partial charge in [-0.15, -0.1) is 0 Å². The lowest BCUT2D eigenvalue weighted by Crippen LogP contribution is -2.14. The molecule has 1 aromatic heterocycles. The Kier molecular flexibility index (Phi) is 3.14. The molecule has 2 rings (SSSR count). The van der Waals surface area contributed by atoms with Crippen LogP contribution in [-0.4, -0.2) is 11.5 Å². The SMILES string of the molecule is CC(CNc1c(N)cncc1Br)C1CC1. The highest BCUT2D eigenvalue weighted by atomic mass is 79.9. The van der Waals surface area contributed by atoms with Crippen LogP contribution < -0.4 is 11.1 Å². The average Bonchev–Trinajstić information content (AvgIpc) is 2.99. The number of rotatable bonds is 4. The zero-order chi connectivity index (χ0) is 10.8. The molecule has 15 heavy (non-hydrogen) atoms. The molecule has 1 heterocycles. The van der Waals surface area contributed by atoms with Gasteiger partial charge in [-0.2, -0.15) is 0 Å². The van der Waals surface area contributed by atoms with Gasteiger partial charge in [0.1, 0.15) is 0 Å². The summed E-state index contributed by atoms with van der Waals surface area (Å²) in [6.45, 7) is 3.27. The van der Waals surface area contributed by atoms with Crippen molar-refractivity contribution in [3.8, 4) is 0 Å². The molecule has 1 fully saturated rings. The van der Waals surface area contributed by atoms with Crippen LogP contribution in [0.2, 0.25) is 0 Å². The fraction of sp³-hybridized carbons (Fsp3) is 0.545. The maximum absolute atomic E-state index is 5.84. The second kappa shape index (κ2) is 4.39. The Labute approximate surface area is 98.6 Å². The first-order chi connectivity index (χ1) is 7.18. The quantitative estimate of drug-likeness (QED) is 0.884. The minimum absolute atomic E-state index is 0.701. The summed E-state index contributed by atoms with van der Waals surface area (Å²) in [6.07, 6.45) is 6.21. The molecule has 0 bridgehead atoms. The molecule has 1 saturated carbocycles. The van der Waals surface area contributed by atoms with Crippen LogP contribution in [0.5, 0.6) is 0 Å². The Hall–Kier alpha value is -0.770. The average molecular weight is 270 g/mol. The standard InChI is InChI=1S/C11H16BrN3/c1-7(8-2-3-8)4-15-11-9(12)5-14-6-10(11)13/h5-8H,2-4,13H2,1H3,(H,14,15). The number of anilines is 2. The Morgan fingerprint density at radius 1 is 1.60 bits per heavy atom. The minimum Gasteiger partial charge on any atom is -0.396 e. The number of aromatic nitrogens is 1. The van der Waals surface area contributed by atoms with Crippen molar-refractivity contribution >= 4 is 27.3 Å². The van der Waals surface area contributed by atoms with Gasteiger partial charge in [0.2, 0.25) is 0 Å². The Bertz CT molecular complexity index is 329. The van der Waals surface area contributed by atoms with Crippen molar-refractivity contribution in [2.75, 3.05) is 17.6 Å². The molecule has 0 radical (unpaired) electrons. The molecule has 0 aliphatic heterocycles. The van der Waals surface area contributed by atoms with Crippen molar-refractivity contribution in [3.63, 3.8) is 0 Å². The lowest BCUT2D eigenvalue weighted by atomic mass is 10.1. The van der Waals surface area contributed by atoms with Gasteiger partial charge in [-0.05, 0) is 40.6 Å². The van der Waals surface area contributed by atoms with E-state index < -0.39 is 0 Å². The van der Waals surface area contributed by atoms with Gasteiger partial charge in [0.25, 0.3) is 0 Å². The summed E-state index contributed by atoms with van der Waals surface area (Å²) in [5.41, 5.74) is 7.52. The van der Waals surface area contributed by atoms with Gasteiger partial charge in [0, 0.05) is 12.7 Å². The van der Waals surface area contributed by atoms with Crippen molar-refractivity contribution in [2.45, 2.75) is 19.8 Å². The minimum atomic E-state index is 0.701. The maximum atomic E-state index is 5.84. The Balaban J connectivity index is 1.97. The summed E-state index contributed by atoms with van der Waals surface area (Å²) >= 11 is 3.44. The molecule has 1 aliphatic carbocycles. The van der Waals surface area contributed by atoms with E-state index in [0.717, 1.165) is 28.5 Å². The molecule has 3 N–H and O–H groups in total. The molecule has 1 aromatic rings. The Morgan fingerprint density at radius 3 is 2.93 bits per heavy atom. The molecule has 0 spiro atoms. The van der Waals surface area contributed by atoms with E-state index >= 15 is 0 Å². The van der Waals surface area contributed by atoms with Crippen molar-refractivity contribution in [1.82, 2.24) is 4.98 Å². The highest BCUT2D eigenvalue weighted by Crippen LogP contribution is 2.37. The van der Waals surface area contributed by atoms with Crippen molar-refractivity contribution in [3.05, 3.63) is 16.9 Å². The number of hydrogen-bond donors (Lipinski definition) is 2. The van der Waals surface area contributed by atoms with Crippen LogP contribution >= 0.6 is 15.9 Å². The van der Waals surface area contributed by atoms with E-state index in [1.54, 1.807) is 12.4 Å². The van der Waals surface area contributed by atoms with Crippen molar-refractivity contribution in [1.29, 1.82) is 0 Å². The molecule has 0 amide bonds. The number of nitrogens with one attached hydrogen (secondary N) is 1. The van der Waals surface area contributed by atoms with E-state index in [-0.39, 0.29) is 0 Å². The molecule has 4 heteroatoms. The highest BCUT2D eigenvalue weighted by Gasteiger charge is 2.27. The van der Waals surface area contributed by atoms with Crippen LogP contribution in [0.25, 0.3) is 0 Å². The van der Waals surface area contributed by atoms with Crippen LogP contribution in [0.15, 0.2) is 16.9 Å². The van der Waals surface area contributed by atoms with Gasteiger partial charge in [-0.3, -0.25) is 4.98 Å². The summed E-state index contributed by atoms with van der Waals surface area (Å²) in [6, 6.07) is 0. The van der Waals surface area contributed by atoms with Gasteiger partial charge in [0.05, 0.1) is 22.0 Å². The number of halogens is 1. The first kappa shape index (κ1) is 10.7. The predicted octanol–water partition coefficient (Wildman–Crippen LogP) is 2.88. The van der Waals surface area contributed by atoms with Gasteiger partial charge in [-0.1, -0.05) is 6.92 Å². The molecule has 0 aromatic carbocycles. The highest BCUT2D eigenvalue weighted by molar-refractivity contribution is 9.10. The summed E-state index contributed by atoms with van der Waals surface area (Å²) < 4.78 is 0.936. The summed E-state index contributed by atoms with van der Waals surface area (Å²) in [5, 5.41) is 3.39. The van der Waals surface area contributed by atoms with E-state index in [0.29, 0.717) is 5.69 Å². The predicted molar refractivity (Wildman–Crippen MR) is 66.7 cm³/mol. The second-order valence-corrected chi connectivity index (χ2v) is 5.14. The van der Waals surface area contributed by atoms with Crippen molar-refractivity contribution < 1.29 is 0 Å². The molecule has 82 valence electrons. The van der Waals surface area contributed by atoms with Crippen molar-refractivity contribution in [2.24, 2.45) is 11.8 Å². The summed E-state index contributed by atoms with van der Waals surface area (Å²) in [5.74, 6) is 1.64. The van der Waals surface area contributed by atoms with Gasteiger partial charge in [0.15, 0.2) is 0 Å². The zero-order valence-electron chi connectivity index (χ0n) is 8.83. The molecular formula is C11H16BrN3. The number of hydrogen-bond acceptors (Lipinski definition) is 3. The fourth-order valence-corrected chi connectivity index (χ4v) is 2.22. The van der Waals surface area contributed by atoms with Crippen LogP contribution in [0, 0.1) is 11.8 Å². The molecule has 0 saturated heterocycles. The van der Waals surface area contributed by atoms with E-state index in [1.165, 1.54) is 12.8 Å². The second-order valence-electron chi connectivity index (χ2n) is 4.28. The normalized spacial score (nSPS) is 17.5. The number of nitrogens with two attached hydrogens (primary N) is 1. The third-order valence-electron chi connectivity index (χ3n) is 2.96. The van der Waals surface area contributed by atoms with Gasteiger partial charge < -0.3 is 11.1 Å². The van der Waals surface area contributed by atoms with Crippen LogP contribution in [0.1, 0.15) is 19.8 Å². The topological polar surface area (TPSA) is 50.9 Å². The molecule has 1 unspecified atom stereocenters. The van der Waals surface area contributed by atoms with E-state index in [4.69, 9.17) is 5.73 Å². The molecule has 3 nitrogen and oxygen atoms in total. The first-order valence-corrected chi connectivity index (χ1v) is 6.10. The third kappa shape index (κ3) is 2.62. The van der Waals surface area contributed by atoms with Gasteiger partial charge in [-0.25, -0.2) is 0 Å². The number of pyridine rings is 1. The lowest BCUT2D eigenvalue weighted by Gasteiger charge is -2.14. The van der Waals surface area contributed by atoms with Crippen LogP contribution in [-0.2, 0) is 0 Å². The fourth-order valence-electron chi connectivity index (χ4n) is 1.73. The van der Waals surface area contributed by atoms with Crippen LogP contribution in [0.4, 0.5) is 11.4 Å².